The molecule has 0 fully saturated rings. The Bertz CT molecular complexity index is 471. The van der Waals surface area contributed by atoms with Gasteiger partial charge < -0.3 is 10.4 Å². The van der Waals surface area contributed by atoms with E-state index in [-0.39, 0.29) is 6.04 Å². The lowest BCUT2D eigenvalue weighted by atomic mass is 10.1. The lowest BCUT2D eigenvalue weighted by Gasteiger charge is -2.13. The van der Waals surface area contributed by atoms with E-state index in [2.05, 4.69) is 17.2 Å². The molecule has 0 spiro atoms. The summed E-state index contributed by atoms with van der Waals surface area (Å²) in [6, 6.07) is 13.4. The predicted molar refractivity (Wildman–Crippen MR) is 67.6 cm³/mol. The first kappa shape index (κ1) is 11.6. The molecule has 0 saturated heterocycles. The quantitative estimate of drug-likeness (QED) is 0.845. The van der Waals surface area contributed by atoms with Crippen LogP contribution in [0.1, 0.15) is 24.2 Å². The first-order chi connectivity index (χ1) is 8.27. The minimum Gasteiger partial charge on any atom is -0.508 e. The molecule has 0 amide bonds. The van der Waals surface area contributed by atoms with Gasteiger partial charge in [-0.1, -0.05) is 24.3 Å². The van der Waals surface area contributed by atoms with Crippen molar-refractivity contribution >= 4 is 0 Å². The molecule has 1 atom stereocenters. The van der Waals surface area contributed by atoms with E-state index in [1.54, 1.807) is 12.3 Å². The molecule has 3 heteroatoms. The molecule has 1 aromatic carbocycles. The van der Waals surface area contributed by atoms with Gasteiger partial charge >= 0.3 is 0 Å². The molecule has 2 N–H and O–H groups in total. The summed E-state index contributed by atoms with van der Waals surface area (Å²) in [6.07, 6.45) is 1.79. The van der Waals surface area contributed by atoms with Crippen LogP contribution in [0.2, 0.25) is 0 Å². The third kappa shape index (κ3) is 3.04. The van der Waals surface area contributed by atoms with Gasteiger partial charge in [0, 0.05) is 24.3 Å². The maximum absolute atomic E-state index is 9.64. The lowest BCUT2D eigenvalue weighted by Crippen LogP contribution is -2.18. The molecule has 3 nitrogen and oxygen atoms in total. The Morgan fingerprint density at radius 1 is 1.18 bits per heavy atom. The third-order valence-corrected chi connectivity index (χ3v) is 2.72. The third-order valence-electron chi connectivity index (χ3n) is 2.72. The Kier molecular flexibility index (Phi) is 3.73. The second-order valence-corrected chi connectivity index (χ2v) is 3.99. The molecule has 88 valence electrons. The summed E-state index contributed by atoms with van der Waals surface area (Å²) < 4.78 is 0. The standard InChI is InChI=1S/C14H16N2O/c1-11(13-7-4-5-9-15-13)16-10-12-6-2-3-8-14(12)17/h2-9,11,16-17H,10H2,1H3. The summed E-state index contributed by atoms with van der Waals surface area (Å²) in [5.74, 6) is 0.327. The zero-order valence-corrected chi connectivity index (χ0v) is 9.80. The largest absolute Gasteiger partial charge is 0.508 e. The highest BCUT2D eigenvalue weighted by molar-refractivity contribution is 5.31. The Morgan fingerprint density at radius 2 is 1.94 bits per heavy atom. The van der Waals surface area contributed by atoms with Gasteiger partial charge in [0.05, 0.1) is 5.69 Å². The number of pyridine rings is 1. The van der Waals surface area contributed by atoms with Crippen molar-refractivity contribution in [2.24, 2.45) is 0 Å². The molecule has 1 unspecified atom stereocenters. The average Bonchev–Trinajstić information content (AvgIpc) is 2.38. The zero-order chi connectivity index (χ0) is 12.1. The van der Waals surface area contributed by atoms with Crippen LogP contribution in [0, 0.1) is 0 Å². The Labute approximate surface area is 101 Å². The fourth-order valence-electron chi connectivity index (χ4n) is 1.66. The first-order valence-electron chi connectivity index (χ1n) is 5.68. The van der Waals surface area contributed by atoms with Gasteiger partial charge in [-0.2, -0.15) is 0 Å². The van der Waals surface area contributed by atoms with Crippen LogP contribution in [0.5, 0.6) is 5.75 Å². The highest BCUT2D eigenvalue weighted by Gasteiger charge is 2.06. The second-order valence-electron chi connectivity index (χ2n) is 3.99. The number of phenols is 1. The molecular weight excluding hydrogens is 212 g/mol. The fraction of sp³-hybridized carbons (Fsp3) is 0.214. The molecule has 1 heterocycles. The van der Waals surface area contributed by atoms with Gasteiger partial charge in [-0.05, 0) is 25.1 Å². The Morgan fingerprint density at radius 3 is 2.65 bits per heavy atom. The summed E-state index contributed by atoms with van der Waals surface area (Å²) in [6.45, 7) is 2.69. The number of phenolic OH excluding ortho intramolecular Hbond substituents is 1. The van der Waals surface area contributed by atoms with Gasteiger partial charge in [0.25, 0.3) is 0 Å². The monoisotopic (exact) mass is 228 g/mol. The van der Waals surface area contributed by atoms with Crippen LogP contribution < -0.4 is 5.32 Å². The maximum atomic E-state index is 9.64. The highest BCUT2D eigenvalue weighted by Crippen LogP contribution is 2.16. The summed E-state index contributed by atoms with van der Waals surface area (Å²) in [7, 11) is 0. The van der Waals surface area contributed by atoms with Crippen LogP contribution in [0.25, 0.3) is 0 Å². The fourth-order valence-corrected chi connectivity index (χ4v) is 1.66. The van der Waals surface area contributed by atoms with Crippen LogP contribution >= 0.6 is 0 Å². The Hall–Kier alpha value is -1.87. The van der Waals surface area contributed by atoms with E-state index in [0.717, 1.165) is 11.3 Å². The number of para-hydroxylation sites is 1. The van der Waals surface area contributed by atoms with Crippen LogP contribution in [-0.4, -0.2) is 10.1 Å². The number of nitrogens with one attached hydrogen (secondary N) is 1. The molecule has 17 heavy (non-hydrogen) atoms. The summed E-state index contributed by atoms with van der Waals surface area (Å²) in [5.41, 5.74) is 1.90. The molecule has 2 aromatic rings. The van der Waals surface area contributed by atoms with Crippen LogP contribution in [-0.2, 0) is 6.54 Å². The van der Waals surface area contributed by atoms with E-state index in [1.165, 1.54) is 0 Å². The molecule has 0 bridgehead atoms. The van der Waals surface area contributed by atoms with Crippen molar-refractivity contribution in [1.29, 1.82) is 0 Å². The van der Waals surface area contributed by atoms with Gasteiger partial charge in [0.15, 0.2) is 0 Å². The predicted octanol–water partition coefficient (Wildman–Crippen LogP) is 2.64. The SMILES string of the molecule is CC(NCc1ccccc1O)c1ccccn1. The molecule has 1 aromatic heterocycles. The smallest absolute Gasteiger partial charge is 0.120 e. The summed E-state index contributed by atoms with van der Waals surface area (Å²) in [4.78, 5) is 4.29. The van der Waals surface area contributed by atoms with Crippen LogP contribution in [0.4, 0.5) is 0 Å². The van der Waals surface area contributed by atoms with Gasteiger partial charge in [0.1, 0.15) is 5.75 Å². The van der Waals surface area contributed by atoms with Crippen molar-refractivity contribution in [3.63, 3.8) is 0 Å². The normalized spacial score (nSPS) is 12.3. The van der Waals surface area contributed by atoms with Crippen molar-refractivity contribution < 1.29 is 5.11 Å². The van der Waals surface area contributed by atoms with Crippen molar-refractivity contribution in [2.45, 2.75) is 19.5 Å². The Balaban J connectivity index is 1.97. The first-order valence-corrected chi connectivity index (χ1v) is 5.68. The number of benzene rings is 1. The lowest BCUT2D eigenvalue weighted by molar-refractivity contribution is 0.459. The number of nitrogens with zero attached hydrogens (tertiary/aromatic N) is 1. The molecule has 2 rings (SSSR count). The number of hydrogen-bond acceptors (Lipinski definition) is 3. The number of aromatic nitrogens is 1. The van der Waals surface area contributed by atoms with Gasteiger partial charge in [-0.3, -0.25) is 4.98 Å². The summed E-state index contributed by atoms with van der Waals surface area (Å²) in [5, 5.41) is 13.0. The second kappa shape index (κ2) is 5.46. The van der Waals surface area contributed by atoms with E-state index in [1.807, 2.05) is 36.4 Å². The number of rotatable bonds is 4. The molecular formula is C14H16N2O. The van der Waals surface area contributed by atoms with Crippen LogP contribution in [0.15, 0.2) is 48.7 Å². The van der Waals surface area contributed by atoms with E-state index in [4.69, 9.17) is 0 Å². The maximum Gasteiger partial charge on any atom is 0.120 e. The van der Waals surface area contributed by atoms with Gasteiger partial charge in [-0.15, -0.1) is 0 Å². The molecule has 0 aliphatic heterocycles. The van der Waals surface area contributed by atoms with Gasteiger partial charge in [-0.25, -0.2) is 0 Å². The van der Waals surface area contributed by atoms with Crippen molar-refractivity contribution in [3.8, 4) is 5.75 Å². The average molecular weight is 228 g/mol. The number of aromatic hydroxyl groups is 1. The molecule has 0 radical (unpaired) electrons. The van der Waals surface area contributed by atoms with Crippen molar-refractivity contribution in [1.82, 2.24) is 10.3 Å². The molecule has 0 aliphatic carbocycles. The van der Waals surface area contributed by atoms with E-state index in [0.29, 0.717) is 12.3 Å². The van der Waals surface area contributed by atoms with E-state index >= 15 is 0 Å². The zero-order valence-electron chi connectivity index (χ0n) is 9.80. The topological polar surface area (TPSA) is 45.1 Å². The molecule has 0 saturated carbocycles. The molecule has 0 aliphatic rings. The van der Waals surface area contributed by atoms with Crippen molar-refractivity contribution in [3.05, 3.63) is 59.9 Å². The van der Waals surface area contributed by atoms with E-state index in [9.17, 15) is 5.11 Å². The highest BCUT2D eigenvalue weighted by atomic mass is 16.3. The van der Waals surface area contributed by atoms with Crippen molar-refractivity contribution in [2.75, 3.05) is 0 Å². The van der Waals surface area contributed by atoms with Gasteiger partial charge in [0.2, 0.25) is 0 Å². The number of hydrogen-bond donors (Lipinski definition) is 2. The summed E-state index contributed by atoms with van der Waals surface area (Å²) >= 11 is 0. The minimum atomic E-state index is 0.163. The van der Waals surface area contributed by atoms with Crippen LogP contribution in [0.3, 0.4) is 0 Å². The minimum absolute atomic E-state index is 0.163. The van der Waals surface area contributed by atoms with E-state index < -0.39 is 0 Å².